The Morgan fingerprint density at radius 1 is 1.28 bits per heavy atom. The Morgan fingerprint density at radius 2 is 1.94 bits per heavy atom. The Morgan fingerprint density at radius 3 is 2.50 bits per heavy atom. The zero-order valence-corrected chi connectivity index (χ0v) is 12.4. The molecule has 0 unspecified atom stereocenters. The summed E-state index contributed by atoms with van der Waals surface area (Å²) in [7, 11) is 0. The summed E-state index contributed by atoms with van der Waals surface area (Å²) in [6.07, 6.45) is 7.60. The van der Waals surface area contributed by atoms with E-state index in [1.807, 2.05) is 23.9 Å². The second-order valence-electron chi connectivity index (χ2n) is 5.68. The van der Waals surface area contributed by atoms with Gasteiger partial charge >= 0.3 is 0 Å². The fourth-order valence-corrected chi connectivity index (χ4v) is 3.58. The molecule has 1 N–H and O–H groups in total. The minimum atomic E-state index is 0.589. The van der Waals surface area contributed by atoms with Gasteiger partial charge in [0.2, 0.25) is 0 Å². The van der Waals surface area contributed by atoms with E-state index in [0.29, 0.717) is 4.75 Å². The van der Waals surface area contributed by atoms with Crippen LogP contribution in [0.2, 0.25) is 5.02 Å². The van der Waals surface area contributed by atoms with Crippen molar-refractivity contribution in [1.29, 1.82) is 0 Å². The molecule has 0 spiro atoms. The third kappa shape index (κ3) is 2.71. The van der Waals surface area contributed by atoms with Crippen molar-refractivity contribution >= 4 is 23.4 Å². The number of halogens is 1. The Kier molecular flexibility index (Phi) is 3.61. The number of benzene rings is 1. The van der Waals surface area contributed by atoms with Gasteiger partial charge in [-0.1, -0.05) is 23.7 Å². The van der Waals surface area contributed by atoms with Crippen LogP contribution in [0.25, 0.3) is 0 Å². The van der Waals surface area contributed by atoms with Gasteiger partial charge in [-0.25, -0.2) is 0 Å². The van der Waals surface area contributed by atoms with Gasteiger partial charge in [-0.05, 0) is 55.6 Å². The molecule has 0 saturated heterocycles. The predicted molar refractivity (Wildman–Crippen MR) is 80.7 cm³/mol. The molecular formula is C15H20ClNS. The molecule has 2 aliphatic carbocycles. The third-order valence-corrected chi connectivity index (χ3v) is 6.10. The van der Waals surface area contributed by atoms with Crippen molar-refractivity contribution < 1.29 is 0 Å². The van der Waals surface area contributed by atoms with Crippen LogP contribution in [0.1, 0.15) is 37.2 Å². The monoisotopic (exact) mass is 281 g/mol. The third-order valence-electron chi connectivity index (χ3n) is 4.43. The van der Waals surface area contributed by atoms with Gasteiger partial charge in [0.15, 0.2) is 0 Å². The van der Waals surface area contributed by atoms with Crippen LogP contribution in [0.5, 0.6) is 0 Å². The Balaban J connectivity index is 1.44. The highest BCUT2D eigenvalue weighted by Crippen LogP contribution is 2.47. The number of thioether (sulfide) groups is 1. The summed E-state index contributed by atoms with van der Waals surface area (Å²) in [5.74, 6) is 0.740. The first kappa shape index (κ1) is 12.8. The quantitative estimate of drug-likeness (QED) is 0.873. The van der Waals surface area contributed by atoms with E-state index in [4.69, 9.17) is 11.6 Å². The number of hydrogen-bond donors (Lipinski definition) is 1. The molecule has 0 aliphatic heterocycles. The van der Waals surface area contributed by atoms with Crippen molar-refractivity contribution in [3.8, 4) is 0 Å². The molecule has 2 saturated carbocycles. The van der Waals surface area contributed by atoms with Crippen molar-refractivity contribution in [1.82, 2.24) is 5.32 Å². The van der Waals surface area contributed by atoms with Crippen LogP contribution in [0.3, 0.4) is 0 Å². The first-order valence-corrected chi connectivity index (χ1v) is 8.35. The van der Waals surface area contributed by atoms with Crippen molar-refractivity contribution in [2.24, 2.45) is 0 Å². The van der Waals surface area contributed by atoms with E-state index in [1.54, 1.807) is 0 Å². The van der Waals surface area contributed by atoms with Crippen LogP contribution in [0.4, 0.5) is 0 Å². The number of hydrogen-bond acceptors (Lipinski definition) is 2. The van der Waals surface area contributed by atoms with Crippen LogP contribution in [-0.4, -0.2) is 23.6 Å². The molecule has 0 heterocycles. The fraction of sp³-hybridized carbons (Fsp3) is 0.600. The molecule has 18 heavy (non-hydrogen) atoms. The summed E-state index contributed by atoms with van der Waals surface area (Å²) >= 11 is 7.95. The topological polar surface area (TPSA) is 12.0 Å². The lowest BCUT2D eigenvalue weighted by molar-refractivity contribution is 0.291. The first-order valence-electron chi connectivity index (χ1n) is 6.75. The molecule has 0 atom stereocenters. The molecule has 3 rings (SSSR count). The summed E-state index contributed by atoms with van der Waals surface area (Å²) in [6, 6.07) is 9.09. The Labute approximate surface area is 119 Å². The standard InChI is InChI=1S/C15H20ClNS/c1-18-15(6-7-15)10-17-14-8-12(9-14)11-2-4-13(16)5-3-11/h2-5,12,14,17H,6-10H2,1H3. The molecule has 2 fully saturated rings. The highest BCUT2D eigenvalue weighted by atomic mass is 35.5. The summed E-state index contributed by atoms with van der Waals surface area (Å²) in [5.41, 5.74) is 1.45. The molecule has 0 bridgehead atoms. The highest BCUT2D eigenvalue weighted by Gasteiger charge is 2.42. The number of rotatable bonds is 5. The number of nitrogens with one attached hydrogen (secondary N) is 1. The van der Waals surface area contributed by atoms with E-state index in [0.717, 1.165) is 17.0 Å². The van der Waals surface area contributed by atoms with Crippen molar-refractivity contribution in [2.45, 2.75) is 42.4 Å². The minimum absolute atomic E-state index is 0.589. The van der Waals surface area contributed by atoms with E-state index >= 15 is 0 Å². The SMILES string of the molecule is CSC1(CNC2CC(c3ccc(Cl)cc3)C2)CC1. The molecular weight excluding hydrogens is 262 g/mol. The van der Waals surface area contributed by atoms with Crippen LogP contribution >= 0.6 is 23.4 Å². The van der Waals surface area contributed by atoms with E-state index < -0.39 is 0 Å². The van der Waals surface area contributed by atoms with Crippen molar-refractivity contribution in [3.05, 3.63) is 34.9 Å². The molecule has 98 valence electrons. The maximum Gasteiger partial charge on any atom is 0.0406 e. The van der Waals surface area contributed by atoms with Gasteiger partial charge in [0, 0.05) is 22.4 Å². The van der Waals surface area contributed by atoms with Gasteiger partial charge in [-0.15, -0.1) is 0 Å². The van der Waals surface area contributed by atoms with Gasteiger partial charge in [0.25, 0.3) is 0 Å². The molecule has 1 aromatic carbocycles. The van der Waals surface area contributed by atoms with Crippen molar-refractivity contribution in [2.75, 3.05) is 12.8 Å². The summed E-state index contributed by atoms with van der Waals surface area (Å²) < 4.78 is 0.589. The minimum Gasteiger partial charge on any atom is -0.313 e. The maximum absolute atomic E-state index is 5.91. The van der Waals surface area contributed by atoms with Gasteiger partial charge in [-0.2, -0.15) is 11.8 Å². The average Bonchev–Trinajstić information content (AvgIpc) is 3.10. The van der Waals surface area contributed by atoms with Crippen LogP contribution in [-0.2, 0) is 0 Å². The largest absolute Gasteiger partial charge is 0.313 e. The summed E-state index contributed by atoms with van der Waals surface area (Å²) in [4.78, 5) is 0. The molecule has 2 aliphatic rings. The molecule has 0 radical (unpaired) electrons. The lowest BCUT2D eigenvalue weighted by Gasteiger charge is -2.37. The molecule has 0 amide bonds. The molecule has 1 nitrogen and oxygen atoms in total. The second-order valence-corrected chi connectivity index (χ2v) is 7.40. The normalized spacial score (nSPS) is 28.8. The van der Waals surface area contributed by atoms with Gasteiger partial charge in [0.05, 0.1) is 0 Å². The zero-order chi connectivity index (χ0) is 12.6. The van der Waals surface area contributed by atoms with Crippen molar-refractivity contribution in [3.63, 3.8) is 0 Å². The first-order chi connectivity index (χ1) is 8.71. The lowest BCUT2D eigenvalue weighted by atomic mass is 9.76. The summed E-state index contributed by atoms with van der Waals surface area (Å²) in [5, 5.41) is 4.57. The average molecular weight is 282 g/mol. The van der Waals surface area contributed by atoms with E-state index in [-0.39, 0.29) is 0 Å². The van der Waals surface area contributed by atoms with Gasteiger partial charge in [0.1, 0.15) is 0 Å². The van der Waals surface area contributed by atoms with E-state index in [1.165, 1.54) is 37.8 Å². The highest BCUT2D eigenvalue weighted by molar-refractivity contribution is 8.00. The fourth-order valence-electron chi connectivity index (χ4n) is 2.71. The second kappa shape index (κ2) is 5.07. The van der Waals surface area contributed by atoms with Crippen LogP contribution in [0, 0.1) is 0 Å². The maximum atomic E-state index is 5.91. The molecule has 3 heteroatoms. The smallest absolute Gasteiger partial charge is 0.0406 e. The van der Waals surface area contributed by atoms with E-state index in [9.17, 15) is 0 Å². The lowest BCUT2D eigenvalue weighted by Crippen LogP contribution is -2.43. The van der Waals surface area contributed by atoms with Gasteiger partial charge < -0.3 is 5.32 Å². The Bertz CT molecular complexity index is 407. The predicted octanol–water partition coefficient (Wildman–Crippen LogP) is 4.07. The van der Waals surface area contributed by atoms with E-state index in [2.05, 4.69) is 23.7 Å². The molecule has 1 aromatic rings. The summed E-state index contributed by atoms with van der Waals surface area (Å²) in [6.45, 7) is 1.20. The zero-order valence-electron chi connectivity index (χ0n) is 10.8. The van der Waals surface area contributed by atoms with Gasteiger partial charge in [-0.3, -0.25) is 0 Å². The Hall–Kier alpha value is -0.180. The molecule has 0 aromatic heterocycles. The van der Waals surface area contributed by atoms with Crippen LogP contribution < -0.4 is 5.32 Å². The van der Waals surface area contributed by atoms with Crippen LogP contribution in [0.15, 0.2) is 24.3 Å².